The Hall–Kier alpha value is -6.86. The Morgan fingerprint density at radius 1 is 0.500 bits per heavy atom. The fourth-order valence-corrected chi connectivity index (χ4v) is 17.7. The minimum absolute atomic E-state index is 0.00332. The molecule has 2 aromatic heterocycles. The fraction of sp³-hybridized carbons (Fsp3) is 0.687. The Kier molecular flexibility index (Phi) is 28.0. The molecule has 2 aromatic carbocycles. The second-order valence-corrected chi connectivity index (χ2v) is 33.1. The summed E-state index contributed by atoms with van der Waals surface area (Å²) in [5.74, 6) is -7.96. The molecule has 23 heteroatoms. The first-order chi connectivity index (χ1) is 50.1. The summed E-state index contributed by atoms with van der Waals surface area (Å²) in [6.45, 7) is 36.6. The van der Waals surface area contributed by atoms with Crippen molar-refractivity contribution in [3.05, 3.63) is 84.2 Å². The number of rotatable bonds is 16. The van der Waals surface area contributed by atoms with Crippen molar-refractivity contribution in [1.82, 2.24) is 30.8 Å². The van der Waals surface area contributed by atoms with Crippen LogP contribution in [0, 0.1) is 75.9 Å². The third kappa shape index (κ3) is 18.7. The first-order valence-corrected chi connectivity index (χ1v) is 39.1. The van der Waals surface area contributed by atoms with E-state index in [1.54, 1.807) is 40.1 Å². The number of carbonyl (C=O) groups excluding carboxylic acids is 8. The molecule has 6 fully saturated rings. The number of ketones is 4. The average molecular weight is 1470 g/mol. The number of aryl methyl sites for hydroxylation is 2. The quantitative estimate of drug-likeness (QED) is 0.0406. The molecule has 0 bridgehead atoms. The first kappa shape index (κ1) is 83.2. The van der Waals surface area contributed by atoms with E-state index in [0.717, 1.165) is 52.2 Å². The lowest BCUT2D eigenvalue weighted by Gasteiger charge is -2.45. The number of carbonyl (C=O) groups is 8. The Bertz CT molecular complexity index is 3490. The number of nitrogens with one attached hydrogen (secondary N) is 2. The van der Waals surface area contributed by atoms with Crippen molar-refractivity contribution in [2.24, 2.45) is 75.9 Å². The van der Waals surface area contributed by atoms with E-state index >= 15 is 0 Å². The van der Waals surface area contributed by atoms with Gasteiger partial charge in [-0.3, -0.25) is 38.7 Å². The van der Waals surface area contributed by atoms with Gasteiger partial charge in [0.25, 0.3) is 0 Å². The maximum atomic E-state index is 14.5. The van der Waals surface area contributed by atoms with Gasteiger partial charge < -0.3 is 43.0 Å². The molecule has 0 saturated carbocycles. The van der Waals surface area contributed by atoms with Crippen molar-refractivity contribution in [1.29, 1.82) is 0 Å². The highest BCUT2D eigenvalue weighted by Gasteiger charge is 2.56. The van der Waals surface area contributed by atoms with Crippen LogP contribution in [0.4, 0.5) is 9.59 Å². The number of para-hydroxylation sites is 2. The minimum Gasteiger partial charge on any atom is -0.458 e. The molecular weight excluding hydrogens is 1350 g/mol. The summed E-state index contributed by atoms with van der Waals surface area (Å²) in [7, 11) is 0. The molecule has 8 heterocycles. The number of hydrogen-bond donors (Lipinski definition) is 3. The van der Waals surface area contributed by atoms with Gasteiger partial charge in [0.1, 0.15) is 53.8 Å². The van der Waals surface area contributed by atoms with Gasteiger partial charge in [0, 0.05) is 77.7 Å². The molecule has 6 aliphatic heterocycles. The summed E-state index contributed by atoms with van der Waals surface area (Å²) in [5, 5.41) is 16.0. The standard InChI is InChI=1S/C42H61N3O8.C41H59N3O9/c1-11-33-37-34(45(41(49)52-37)44-19-14-15-30-18-20-43-32-17-13-12-16-31(30)32)27(6)35(46)24(3)22-42(9,10)38(28(7)36(47)29(8)39(48)51-33)53-40-26(5)23(2)21-25(4)50-40;1-10-31-36-32(44(40(49)52-36)43-18-13-14-28-17-19-42-30-16-12-11-15-29(28)30)25(5)33(45)23(3)21-41(8,9)37(26(6)35(47)27(7)38(48)51-31)53-39-34(46)22(2)20-24(4)50-39/h12-13,16-18,20,23-29,33-34,37-38,40,44H,11,14-15,19,21-22H2,1-10H3;11-12,15-17,19,22-27,31-32,34,36-37,39,43,46H,10,13-14,18,20-21H2,1-9H3/t23-,24+,25+,26+,27+,28-,29+,33+,34+,37?,38+,40?;22-,23+,24+,25+,26-,27+,31+,32+,34+,36?,37+,39?/m00/s1. The monoisotopic (exact) mass is 1470 g/mol. The van der Waals surface area contributed by atoms with Crippen LogP contribution in [-0.4, -0.2) is 165 Å². The van der Waals surface area contributed by atoms with E-state index in [0.29, 0.717) is 64.0 Å². The normalized spacial score (nSPS) is 35.8. The molecule has 4 aromatic rings. The number of amides is 2. The molecule has 23 nitrogen and oxygen atoms in total. The number of ether oxygens (including phenoxy) is 8. The number of hydrogen-bond acceptors (Lipinski definition) is 21. The molecule has 3 N–H and O–H groups in total. The lowest BCUT2D eigenvalue weighted by atomic mass is 9.70. The summed E-state index contributed by atoms with van der Waals surface area (Å²) in [6.07, 6.45) is 0.447. The smallest absolute Gasteiger partial charge is 0.425 e. The zero-order chi connectivity index (χ0) is 77.5. The van der Waals surface area contributed by atoms with Crippen LogP contribution in [0.2, 0.25) is 0 Å². The van der Waals surface area contributed by atoms with E-state index in [9.17, 15) is 43.5 Å². The number of benzene rings is 2. The highest BCUT2D eigenvalue weighted by molar-refractivity contribution is 6.01. The van der Waals surface area contributed by atoms with Gasteiger partial charge in [0.2, 0.25) is 0 Å². The Labute approximate surface area is 627 Å². The molecule has 0 radical (unpaired) electrons. The van der Waals surface area contributed by atoms with E-state index in [4.69, 9.17) is 37.9 Å². The van der Waals surface area contributed by atoms with Crippen LogP contribution in [0.15, 0.2) is 73.1 Å². The number of aromatic nitrogens is 2. The number of nitrogens with zero attached hydrogens (tertiary/aromatic N) is 4. The number of esters is 2. The van der Waals surface area contributed by atoms with Gasteiger partial charge in [-0.1, -0.05) is 140 Å². The van der Waals surface area contributed by atoms with Crippen molar-refractivity contribution in [3.8, 4) is 0 Å². The van der Waals surface area contributed by atoms with Crippen LogP contribution in [0.5, 0.6) is 0 Å². The Morgan fingerprint density at radius 2 is 0.887 bits per heavy atom. The van der Waals surface area contributed by atoms with Crippen LogP contribution >= 0.6 is 0 Å². The molecule has 0 aliphatic carbocycles. The van der Waals surface area contributed by atoms with Crippen molar-refractivity contribution in [2.75, 3.05) is 13.1 Å². The highest BCUT2D eigenvalue weighted by Crippen LogP contribution is 2.45. The van der Waals surface area contributed by atoms with Crippen LogP contribution in [0.3, 0.4) is 0 Å². The van der Waals surface area contributed by atoms with Gasteiger partial charge in [-0.15, -0.1) is 0 Å². The second kappa shape index (κ2) is 35.7. The summed E-state index contributed by atoms with van der Waals surface area (Å²) < 4.78 is 49.6. The lowest BCUT2D eigenvalue weighted by molar-refractivity contribution is -0.284. The van der Waals surface area contributed by atoms with Crippen molar-refractivity contribution < 1.29 is 81.4 Å². The molecule has 6 aliphatic rings. The second-order valence-electron chi connectivity index (χ2n) is 33.1. The molecule has 10 rings (SSSR count). The third-order valence-electron chi connectivity index (χ3n) is 23.9. The van der Waals surface area contributed by atoms with Crippen molar-refractivity contribution in [3.63, 3.8) is 0 Å². The third-order valence-corrected chi connectivity index (χ3v) is 23.9. The number of aliphatic hydroxyl groups excluding tert-OH is 1. The summed E-state index contributed by atoms with van der Waals surface area (Å²) in [5.41, 5.74) is 9.20. The van der Waals surface area contributed by atoms with Gasteiger partial charge in [-0.2, -0.15) is 0 Å². The molecule has 106 heavy (non-hydrogen) atoms. The number of aliphatic hydroxyl groups is 1. The number of cyclic esters (lactones) is 2. The molecule has 2 amide bonds. The molecule has 24 atom stereocenters. The van der Waals surface area contributed by atoms with Gasteiger partial charge in [0.15, 0.2) is 36.4 Å². The SMILES string of the molecule is CC[C@H]1OC(=O)[C@H](C)C(=O)[C@H](C)[C@@H](OC2O[C@H](C)C[C@H](C)[C@H]2C)C(C)(C)C[C@@H](C)C(=O)[C@H](C)[C@@H]2C1OC(=O)N2NCCCc1ccnc2ccccc12.CC[C@H]1OC(=O)[C@H](C)C(=O)[C@H](C)[C@@H](OC2O[C@H](C)C[C@H](C)[C@H]2O)C(C)(C)C[C@@H](C)C(=O)[C@H](C)[C@@H]2C1OC(=O)N2NCCCc1ccnc2ccccc12. The van der Waals surface area contributed by atoms with Gasteiger partial charge >= 0.3 is 24.1 Å². The van der Waals surface area contributed by atoms with Crippen molar-refractivity contribution in [2.45, 2.75) is 275 Å². The predicted molar refractivity (Wildman–Crippen MR) is 400 cm³/mol. The lowest BCUT2D eigenvalue weighted by Crippen LogP contribution is -2.55. The number of Topliss-reactive ketones (excluding diaryl/α,β-unsaturated/α-hetero) is 4. The first-order valence-electron chi connectivity index (χ1n) is 39.1. The van der Waals surface area contributed by atoms with E-state index in [1.165, 1.54) is 16.9 Å². The molecule has 584 valence electrons. The predicted octanol–water partition coefficient (Wildman–Crippen LogP) is 12.9. The molecule has 4 unspecified atom stereocenters. The zero-order valence-corrected chi connectivity index (χ0v) is 66.0. The van der Waals surface area contributed by atoms with Crippen LogP contribution in [0.25, 0.3) is 21.8 Å². The van der Waals surface area contributed by atoms with Gasteiger partial charge in [0.05, 0.1) is 35.4 Å². The number of fused-ring (bicyclic) bond motifs is 4. The number of pyridine rings is 2. The maximum Gasteiger partial charge on any atom is 0.425 e. The Balaban J connectivity index is 0.000000245. The maximum absolute atomic E-state index is 14.5. The van der Waals surface area contributed by atoms with Gasteiger partial charge in [-0.05, 0) is 150 Å². The van der Waals surface area contributed by atoms with E-state index in [-0.39, 0.29) is 47.2 Å². The van der Waals surface area contributed by atoms with Gasteiger partial charge in [-0.25, -0.2) is 30.5 Å². The van der Waals surface area contributed by atoms with Crippen LogP contribution in [-0.2, 0) is 79.5 Å². The van der Waals surface area contributed by atoms with Crippen LogP contribution < -0.4 is 10.9 Å². The largest absolute Gasteiger partial charge is 0.458 e. The van der Waals surface area contributed by atoms with E-state index in [2.05, 4.69) is 40.7 Å². The van der Waals surface area contributed by atoms with Crippen molar-refractivity contribution >= 4 is 69.1 Å². The zero-order valence-electron chi connectivity index (χ0n) is 66.0. The average Bonchev–Trinajstić information content (AvgIpc) is 1.54. The topological polar surface area (TPSA) is 287 Å². The van der Waals surface area contributed by atoms with E-state index in [1.807, 2.05) is 138 Å². The number of hydrazine groups is 2. The van der Waals surface area contributed by atoms with Crippen LogP contribution in [0.1, 0.15) is 194 Å². The highest BCUT2D eigenvalue weighted by atomic mass is 16.7. The summed E-state index contributed by atoms with van der Waals surface area (Å²) in [4.78, 5) is 121. The summed E-state index contributed by atoms with van der Waals surface area (Å²) >= 11 is 0. The molecular formula is C83H120N6O17. The molecule has 6 saturated heterocycles. The molecule has 0 spiro atoms. The van der Waals surface area contributed by atoms with E-state index < -0.39 is 150 Å². The summed E-state index contributed by atoms with van der Waals surface area (Å²) in [6, 6.07) is 18.4. The Morgan fingerprint density at radius 3 is 1.30 bits per heavy atom. The fourth-order valence-electron chi connectivity index (χ4n) is 17.7. The minimum atomic E-state index is -1.15.